The molecule has 0 fully saturated rings. The van der Waals surface area contributed by atoms with Gasteiger partial charge in [0.2, 0.25) is 0 Å². The topological polar surface area (TPSA) is 9.23 Å². The molecule has 2 unspecified atom stereocenters. The van der Waals surface area contributed by atoms with Crippen LogP contribution in [0.15, 0.2) is 0 Å². The van der Waals surface area contributed by atoms with E-state index in [1.165, 1.54) is 0 Å². The van der Waals surface area contributed by atoms with Crippen molar-refractivity contribution < 1.29 is 75.0 Å². The molecule has 0 amide bonds. The van der Waals surface area contributed by atoms with E-state index in [0.29, 0.717) is 0 Å². The minimum absolute atomic E-state index is 2.13. The van der Waals surface area contributed by atoms with E-state index < -0.39 is 61.6 Å². The second-order valence-electron chi connectivity index (χ2n) is 5.06. The van der Waals surface area contributed by atoms with Crippen LogP contribution in [0.3, 0.4) is 0 Å². The van der Waals surface area contributed by atoms with Crippen molar-refractivity contribution in [1.82, 2.24) is 0 Å². The second-order valence-corrected chi connectivity index (χ2v) is 5.06. The minimum Gasteiger partial charge on any atom is -0.255 e. The third kappa shape index (κ3) is 7.77. The Bertz CT molecular complexity index is 446. The number of hydrogen-bond acceptors (Lipinski definition) is 1. The fraction of sp³-hybridized carbons (Fsp3) is 1.00. The fourth-order valence-corrected chi connectivity index (χ4v) is 1.50. The van der Waals surface area contributed by atoms with Crippen molar-refractivity contribution in [2.75, 3.05) is 0 Å². The van der Waals surface area contributed by atoms with E-state index in [4.69, 9.17) is 0 Å². The smallest absolute Gasteiger partial charge is 0.255 e. The van der Waals surface area contributed by atoms with Crippen molar-refractivity contribution >= 4 is 0 Å². The average molecular weight is 446 g/mol. The molecule has 0 bridgehead atoms. The van der Waals surface area contributed by atoms with Gasteiger partial charge in [-0.15, -0.1) is 0 Å². The largest absolute Gasteiger partial charge is 0.425 e. The summed E-state index contributed by atoms with van der Waals surface area (Å²) in [7, 11) is 0. The second kappa shape index (κ2) is 7.35. The van der Waals surface area contributed by atoms with Gasteiger partial charge in [-0.1, -0.05) is 0 Å². The van der Waals surface area contributed by atoms with E-state index in [9.17, 15) is 70.2 Å². The third-order valence-corrected chi connectivity index (χ3v) is 2.50. The summed E-state index contributed by atoms with van der Waals surface area (Å²) in [6.45, 7) is 0. The van der Waals surface area contributed by atoms with E-state index >= 15 is 0 Å². The number of alkyl halides is 16. The number of rotatable bonds is 8. The zero-order chi connectivity index (χ0) is 22.3. The standard InChI is InChI=1S/C10H6F16O/c11-3(9(21,22)23)5(13,14)1-7(17,18)27-8(19,20)2-6(15,16)4(12)10(24,25)26/h3-4H,1-2H2. The van der Waals surface area contributed by atoms with Crippen LogP contribution in [0.2, 0.25) is 0 Å². The van der Waals surface area contributed by atoms with Crippen LogP contribution in [-0.4, -0.2) is 48.8 Å². The summed E-state index contributed by atoms with van der Waals surface area (Å²) in [6.07, 6.45) is -43.2. The van der Waals surface area contributed by atoms with Gasteiger partial charge < -0.3 is 0 Å². The molecule has 164 valence electrons. The predicted octanol–water partition coefficient (Wildman–Crippen LogP) is 6.04. The summed E-state index contributed by atoms with van der Waals surface area (Å²) >= 11 is 0. The first-order valence-corrected chi connectivity index (χ1v) is 6.06. The first kappa shape index (κ1) is 25.8. The van der Waals surface area contributed by atoms with Gasteiger partial charge in [-0.3, -0.25) is 4.74 Å². The Morgan fingerprint density at radius 1 is 0.481 bits per heavy atom. The van der Waals surface area contributed by atoms with Crippen molar-refractivity contribution in [3.8, 4) is 0 Å². The summed E-state index contributed by atoms with van der Waals surface area (Å²) in [6, 6.07) is 0. The molecule has 0 saturated carbocycles. The molecule has 0 aromatic heterocycles. The van der Waals surface area contributed by atoms with Crippen molar-refractivity contribution in [1.29, 1.82) is 0 Å². The molecule has 0 spiro atoms. The number of hydrogen-bond donors (Lipinski definition) is 0. The third-order valence-electron chi connectivity index (χ3n) is 2.50. The van der Waals surface area contributed by atoms with Crippen LogP contribution in [0.25, 0.3) is 0 Å². The van der Waals surface area contributed by atoms with E-state index in [2.05, 4.69) is 4.74 Å². The van der Waals surface area contributed by atoms with Crippen molar-refractivity contribution in [2.45, 2.75) is 61.6 Å². The average Bonchev–Trinajstić information content (AvgIpc) is 2.29. The summed E-state index contributed by atoms with van der Waals surface area (Å²) in [5, 5.41) is 0. The van der Waals surface area contributed by atoms with Crippen LogP contribution >= 0.6 is 0 Å². The Hall–Kier alpha value is -1.16. The Kier molecular flexibility index (Phi) is 7.03. The van der Waals surface area contributed by atoms with E-state index in [1.54, 1.807) is 0 Å². The molecule has 0 aromatic carbocycles. The molecule has 0 saturated heterocycles. The van der Waals surface area contributed by atoms with Gasteiger partial charge in [0, 0.05) is 0 Å². The molecule has 0 rings (SSSR count). The zero-order valence-electron chi connectivity index (χ0n) is 12.0. The van der Waals surface area contributed by atoms with Crippen LogP contribution in [0.5, 0.6) is 0 Å². The summed E-state index contributed by atoms with van der Waals surface area (Å²) in [5.74, 6) is -12.2. The maximum absolute atomic E-state index is 12.9. The molecular formula is C10H6F16O. The van der Waals surface area contributed by atoms with Crippen molar-refractivity contribution in [3.63, 3.8) is 0 Å². The molecule has 0 radical (unpaired) electrons. The van der Waals surface area contributed by atoms with Gasteiger partial charge in [-0.05, 0) is 0 Å². The van der Waals surface area contributed by atoms with Crippen molar-refractivity contribution in [2.24, 2.45) is 0 Å². The van der Waals surface area contributed by atoms with Crippen LogP contribution in [0.4, 0.5) is 70.2 Å². The first-order valence-electron chi connectivity index (χ1n) is 6.06. The van der Waals surface area contributed by atoms with Crippen LogP contribution in [0, 0.1) is 0 Å². The molecule has 0 aliphatic rings. The predicted molar refractivity (Wildman–Crippen MR) is 52.0 cm³/mol. The number of ether oxygens (including phenoxy) is 1. The maximum Gasteiger partial charge on any atom is 0.425 e. The van der Waals surface area contributed by atoms with Gasteiger partial charge in [-0.2, -0.15) is 43.9 Å². The minimum atomic E-state index is -6.43. The number of halogens is 16. The van der Waals surface area contributed by atoms with Gasteiger partial charge in [0.25, 0.3) is 24.2 Å². The quantitative estimate of drug-likeness (QED) is 0.414. The molecule has 0 N–H and O–H groups in total. The molecule has 0 aliphatic heterocycles. The SMILES string of the molecule is FC(C(F)(F)F)C(F)(F)CC(F)(F)OC(F)(F)CC(F)(F)C(F)C(F)(F)F. The monoisotopic (exact) mass is 446 g/mol. The lowest BCUT2D eigenvalue weighted by molar-refractivity contribution is -0.405. The van der Waals surface area contributed by atoms with E-state index in [0.717, 1.165) is 0 Å². The molecule has 0 aliphatic carbocycles. The van der Waals surface area contributed by atoms with Gasteiger partial charge in [-0.25, -0.2) is 26.3 Å². The normalized spacial score (nSPS) is 17.8. The molecule has 27 heavy (non-hydrogen) atoms. The molecule has 0 aromatic rings. The first-order chi connectivity index (χ1) is 11.4. The van der Waals surface area contributed by atoms with Crippen LogP contribution in [-0.2, 0) is 4.74 Å². The lowest BCUT2D eigenvalue weighted by atomic mass is 10.1. The van der Waals surface area contributed by atoms with Gasteiger partial charge in [0.05, 0.1) is 0 Å². The zero-order valence-corrected chi connectivity index (χ0v) is 12.0. The van der Waals surface area contributed by atoms with Gasteiger partial charge in [0.1, 0.15) is 12.8 Å². The van der Waals surface area contributed by atoms with Gasteiger partial charge >= 0.3 is 24.6 Å². The molecule has 1 nitrogen and oxygen atoms in total. The lowest BCUT2D eigenvalue weighted by Crippen LogP contribution is -2.49. The molecule has 17 heteroatoms. The van der Waals surface area contributed by atoms with Crippen molar-refractivity contribution in [3.05, 3.63) is 0 Å². The summed E-state index contributed by atoms with van der Waals surface area (Å²) in [4.78, 5) is 0. The van der Waals surface area contributed by atoms with Gasteiger partial charge in [0.15, 0.2) is 0 Å². The van der Waals surface area contributed by atoms with Crippen LogP contribution < -0.4 is 0 Å². The summed E-state index contributed by atoms with van der Waals surface area (Å²) in [5.41, 5.74) is 0. The van der Waals surface area contributed by atoms with E-state index in [-0.39, 0.29) is 0 Å². The Balaban J connectivity index is 5.31. The molecule has 0 heterocycles. The highest BCUT2D eigenvalue weighted by atomic mass is 19.4. The highest BCUT2D eigenvalue weighted by Gasteiger charge is 2.64. The fourth-order valence-electron chi connectivity index (χ4n) is 1.50. The highest BCUT2D eigenvalue weighted by Crippen LogP contribution is 2.46. The highest BCUT2D eigenvalue weighted by molar-refractivity contribution is 4.88. The van der Waals surface area contributed by atoms with Crippen LogP contribution in [0.1, 0.15) is 12.8 Å². The summed E-state index contributed by atoms with van der Waals surface area (Å²) < 4.78 is 200. The Labute approximate surface area is 138 Å². The maximum atomic E-state index is 12.9. The lowest BCUT2D eigenvalue weighted by Gasteiger charge is -2.31. The van der Waals surface area contributed by atoms with E-state index in [1.807, 2.05) is 0 Å². The Morgan fingerprint density at radius 2 is 0.704 bits per heavy atom. The Morgan fingerprint density at radius 3 is 0.889 bits per heavy atom. The molecular weight excluding hydrogens is 440 g/mol. The molecule has 2 atom stereocenters.